The summed E-state index contributed by atoms with van der Waals surface area (Å²) in [6.45, 7) is 0.453. The third-order valence-corrected chi connectivity index (χ3v) is 7.75. The summed E-state index contributed by atoms with van der Waals surface area (Å²) in [5.74, 6) is -2.35. The maximum Gasteiger partial charge on any atom is 0.306 e. The molecule has 2 aromatic carbocycles. The Morgan fingerprint density at radius 3 is 2.51 bits per heavy atom. The van der Waals surface area contributed by atoms with Gasteiger partial charge in [0.05, 0.1) is 17.3 Å². The first-order valence-corrected chi connectivity index (χ1v) is 12.8. The molecule has 3 N–H and O–H groups in total. The summed E-state index contributed by atoms with van der Waals surface area (Å²) in [5.41, 5.74) is 1.24. The number of fused-ring (bicyclic) bond motifs is 1. The van der Waals surface area contributed by atoms with Gasteiger partial charge in [-0.1, -0.05) is 17.7 Å². The summed E-state index contributed by atoms with van der Waals surface area (Å²) in [7, 11) is 0. The molecule has 0 spiro atoms. The summed E-state index contributed by atoms with van der Waals surface area (Å²) < 4.78 is 20.2. The van der Waals surface area contributed by atoms with E-state index in [1.807, 2.05) is 18.2 Å². The molecule has 1 atom stereocenters. The Hall–Kier alpha value is -2.78. The fourth-order valence-corrected chi connectivity index (χ4v) is 5.76. The monoisotopic (exact) mass is 520 g/mol. The molecule has 1 aliphatic carbocycles. The summed E-state index contributed by atoms with van der Waals surface area (Å²) >= 11 is 7.48. The summed E-state index contributed by atoms with van der Waals surface area (Å²) in [6, 6.07) is 9.60. The van der Waals surface area contributed by atoms with Crippen LogP contribution in [0.1, 0.15) is 41.6 Å². The molecule has 1 heterocycles. The van der Waals surface area contributed by atoms with Gasteiger partial charge in [0.15, 0.2) is 11.6 Å². The zero-order valence-corrected chi connectivity index (χ0v) is 20.5. The molecule has 1 unspecified atom stereocenters. The van der Waals surface area contributed by atoms with Crippen LogP contribution in [0.2, 0.25) is 5.02 Å². The summed E-state index contributed by atoms with van der Waals surface area (Å²) in [6.07, 6.45) is 2.47. The van der Waals surface area contributed by atoms with Crippen molar-refractivity contribution < 1.29 is 28.6 Å². The van der Waals surface area contributed by atoms with Crippen molar-refractivity contribution in [3.63, 3.8) is 0 Å². The van der Waals surface area contributed by atoms with E-state index in [1.165, 1.54) is 23.9 Å². The molecule has 4 rings (SSSR count). The highest BCUT2D eigenvalue weighted by molar-refractivity contribution is 8.01. The number of aliphatic carboxylic acids is 1. The van der Waals surface area contributed by atoms with Gasteiger partial charge in [0.25, 0.3) is 5.91 Å². The van der Waals surface area contributed by atoms with Gasteiger partial charge < -0.3 is 20.5 Å². The number of ether oxygens (including phenoxy) is 1. The zero-order valence-electron chi connectivity index (χ0n) is 18.9. The second-order valence-corrected chi connectivity index (χ2v) is 10.4. The van der Waals surface area contributed by atoms with Crippen LogP contribution in [0.4, 0.5) is 4.39 Å². The number of halogens is 2. The van der Waals surface area contributed by atoms with Crippen LogP contribution in [0.25, 0.3) is 0 Å². The Bertz CT molecular complexity index is 1120. The Labute approximate surface area is 211 Å². The Kier molecular flexibility index (Phi) is 8.18. The predicted octanol–water partition coefficient (Wildman–Crippen LogP) is 4.06. The van der Waals surface area contributed by atoms with Gasteiger partial charge in [0.2, 0.25) is 5.91 Å². The predicted molar refractivity (Wildman–Crippen MR) is 131 cm³/mol. The van der Waals surface area contributed by atoms with Crippen LogP contribution < -0.4 is 15.4 Å². The molecule has 2 aliphatic rings. The van der Waals surface area contributed by atoms with Gasteiger partial charge in [-0.3, -0.25) is 14.4 Å². The molecule has 1 fully saturated rings. The number of carbonyl (C=O) groups excluding carboxylic acids is 2. The average Bonchev–Trinajstić information content (AvgIpc) is 3.26. The Balaban J connectivity index is 1.19. The van der Waals surface area contributed by atoms with Crippen molar-refractivity contribution in [3.05, 3.63) is 58.4 Å². The van der Waals surface area contributed by atoms with Gasteiger partial charge in [0.1, 0.15) is 0 Å². The molecule has 1 aliphatic heterocycles. The number of rotatable bonds is 8. The SMILES string of the molecule is O=C(NCCNC(=O)C1Cc2ccc(Cl)cc2S1)c1ccc(O[C@H]2CC[C@@H](C(=O)O)CC2)c(F)c1. The number of carboxylic acid groups (broad SMARTS) is 1. The minimum Gasteiger partial charge on any atom is -0.487 e. The number of carboxylic acids is 1. The number of amides is 2. The second-order valence-electron chi connectivity index (χ2n) is 8.68. The van der Waals surface area contributed by atoms with E-state index in [0.717, 1.165) is 16.5 Å². The van der Waals surface area contributed by atoms with Gasteiger partial charge in [-0.15, -0.1) is 11.8 Å². The molecule has 0 radical (unpaired) electrons. The zero-order chi connectivity index (χ0) is 24.9. The fourth-order valence-electron chi connectivity index (χ4n) is 4.27. The number of hydrogen-bond donors (Lipinski definition) is 3. The molecule has 0 saturated heterocycles. The highest BCUT2D eigenvalue weighted by Gasteiger charge is 2.29. The van der Waals surface area contributed by atoms with Gasteiger partial charge in [-0.25, -0.2) is 4.39 Å². The normalized spacial score (nSPS) is 21.1. The van der Waals surface area contributed by atoms with E-state index >= 15 is 0 Å². The fraction of sp³-hybridized carbons (Fsp3) is 0.400. The number of carbonyl (C=O) groups is 3. The van der Waals surface area contributed by atoms with Gasteiger partial charge >= 0.3 is 5.97 Å². The lowest BCUT2D eigenvalue weighted by Gasteiger charge is -2.27. The van der Waals surface area contributed by atoms with Crippen LogP contribution in [0.3, 0.4) is 0 Å². The second kappa shape index (κ2) is 11.3. The van der Waals surface area contributed by atoms with Crippen molar-refractivity contribution in [2.75, 3.05) is 13.1 Å². The topological polar surface area (TPSA) is 105 Å². The van der Waals surface area contributed by atoms with E-state index in [9.17, 15) is 18.8 Å². The third-order valence-electron chi connectivity index (χ3n) is 6.22. The molecule has 2 amide bonds. The Morgan fingerprint density at radius 1 is 1.06 bits per heavy atom. The molecule has 7 nitrogen and oxygen atoms in total. The molecule has 35 heavy (non-hydrogen) atoms. The highest BCUT2D eigenvalue weighted by Crippen LogP contribution is 2.38. The molecule has 0 bridgehead atoms. The van der Waals surface area contributed by atoms with Crippen molar-refractivity contribution in [1.29, 1.82) is 0 Å². The van der Waals surface area contributed by atoms with E-state index in [-0.39, 0.29) is 47.6 Å². The van der Waals surface area contributed by atoms with Crippen LogP contribution in [0, 0.1) is 11.7 Å². The maximum absolute atomic E-state index is 14.5. The molecule has 10 heteroatoms. The van der Waals surface area contributed by atoms with Crippen LogP contribution in [-0.2, 0) is 16.0 Å². The van der Waals surface area contributed by atoms with E-state index in [1.54, 1.807) is 0 Å². The van der Waals surface area contributed by atoms with Gasteiger partial charge in [-0.05, 0) is 68.0 Å². The van der Waals surface area contributed by atoms with Crippen LogP contribution in [0.15, 0.2) is 41.3 Å². The molecule has 186 valence electrons. The first-order chi connectivity index (χ1) is 16.8. The molecule has 0 aromatic heterocycles. The standard InChI is InChI=1S/C25H26ClFN2O5S/c26-17-5-1-15-12-22(35-21(15)13-17)24(31)29-10-9-28-23(30)16-4-8-20(19(27)11-16)34-18-6-2-14(3-7-18)25(32)33/h1,4-5,8,11,13-14,18,22H,2-3,6-7,9-10,12H2,(H,28,30)(H,29,31)(H,32,33)/t14-,18+,22?. The van der Waals surface area contributed by atoms with Crippen LogP contribution >= 0.6 is 23.4 Å². The smallest absolute Gasteiger partial charge is 0.306 e. The number of thioether (sulfide) groups is 1. The minimum absolute atomic E-state index is 0.0453. The Morgan fingerprint density at radius 2 is 1.80 bits per heavy atom. The van der Waals surface area contributed by atoms with E-state index in [2.05, 4.69) is 10.6 Å². The van der Waals surface area contributed by atoms with Crippen LogP contribution in [-0.4, -0.2) is 47.3 Å². The van der Waals surface area contributed by atoms with Crippen molar-refractivity contribution in [2.45, 2.75) is 48.4 Å². The number of nitrogens with one attached hydrogen (secondary N) is 2. The number of benzene rings is 2. The first kappa shape index (κ1) is 25.3. The van der Waals surface area contributed by atoms with Crippen molar-refractivity contribution in [3.8, 4) is 5.75 Å². The van der Waals surface area contributed by atoms with Crippen molar-refractivity contribution >= 4 is 41.1 Å². The molecular weight excluding hydrogens is 495 g/mol. The minimum atomic E-state index is -0.807. The lowest BCUT2D eigenvalue weighted by Crippen LogP contribution is -2.38. The molecular formula is C25H26ClFN2O5S. The molecule has 2 aromatic rings. The lowest BCUT2D eigenvalue weighted by molar-refractivity contribution is -0.143. The lowest BCUT2D eigenvalue weighted by atomic mass is 9.87. The summed E-state index contributed by atoms with van der Waals surface area (Å²) in [4.78, 5) is 36.9. The maximum atomic E-state index is 14.5. The van der Waals surface area contributed by atoms with Crippen LogP contribution in [0.5, 0.6) is 5.75 Å². The largest absolute Gasteiger partial charge is 0.487 e. The quantitative estimate of drug-likeness (QED) is 0.453. The highest BCUT2D eigenvalue weighted by atomic mass is 35.5. The van der Waals surface area contributed by atoms with Crippen molar-refractivity contribution in [1.82, 2.24) is 10.6 Å². The van der Waals surface area contributed by atoms with E-state index in [4.69, 9.17) is 21.4 Å². The third kappa shape index (κ3) is 6.46. The van der Waals surface area contributed by atoms with E-state index in [0.29, 0.717) is 37.1 Å². The first-order valence-electron chi connectivity index (χ1n) is 11.5. The van der Waals surface area contributed by atoms with Crippen molar-refractivity contribution in [2.24, 2.45) is 5.92 Å². The van der Waals surface area contributed by atoms with E-state index < -0.39 is 17.7 Å². The summed E-state index contributed by atoms with van der Waals surface area (Å²) in [5, 5.41) is 15.0. The van der Waals surface area contributed by atoms with Gasteiger partial charge in [-0.2, -0.15) is 0 Å². The average molecular weight is 521 g/mol. The number of hydrogen-bond acceptors (Lipinski definition) is 5. The van der Waals surface area contributed by atoms with Gasteiger partial charge in [0, 0.05) is 28.6 Å². The molecule has 1 saturated carbocycles.